The normalized spacial score (nSPS) is 13.0. The van der Waals surface area contributed by atoms with E-state index < -0.39 is 11.7 Å². The number of halogens is 2. The molecule has 4 nitrogen and oxygen atoms in total. The molecule has 0 unspecified atom stereocenters. The summed E-state index contributed by atoms with van der Waals surface area (Å²) in [4.78, 5) is 13.2. The number of rotatable bonds is 5. The van der Waals surface area contributed by atoms with Crippen LogP contribution in [0, 0.1) is 6.92 Å². The maximum atomic E-state index is 12.9. The Kier molecular flexibility index (Phi) is 5.41. The van der Waals surface area contributed by atoms with Gasteiger partial charge in [-0.2, -0.15) is 25.6 Å². The van der Waals surface area contributed by atoms with Gasteiger partial charge in [-0.25, -0.2) is 4.68 Å². The number of benzene rings is 2. The fourth-order valence-electron chi connectivity index (χ4n) is 3.12. The van der Waals surface area contributed by atoms with Crippen molar-refractivity contribution in [3.05, 3.63) is 70.9 Å². The Hall–Kier alpha value is -2.32. The summed E-state index contributed by atoms with van der Waals surface area (Å²) in [6, 6.07) is 14.3. The first-order chi connectivity index (χ1) is 13.5. The van der Waals surface area contributed by atoms with E-state index in [-0.39, 0.29) is 10.5 Å². The van der Waals surface area contributed by atoms with Gasteiger partial charge in [-0.05, 0) is 36.8 Å². The van der Waals surface area contributed by atoms with Crippen molar-refractivity contribution in [2.75, 3.05) is 5.32 Å². The Balaban J connectivity index is 1.72. The van der Waals surface area contributed by atoms with Gasteiger partial charge in [0, 0.05) is 22.0 Å². The number of hydrogen-bond donors (Lipinski definition) is 1. The van der Waals surface area contributed by atoms with Crippen LogP contribution in [0.25, 0.3) is 5.69 Å². The van der Waals surface area contributed by atoms with E-state index in [0.717, 1.165) is 34.0 Å². The standard InChI is InChI=1S/C20H17F2N3OS2/c1-12-5-4-6-13(9-12)25-18(15-10-27-11-16(15)24-25)23-19(26)14-7-2-3-8-17(14)28-20(21)22/h2-9,20H,10-11H2,1H3,(H,23,26). The third-order valence-electron chi connectivity index (χ3n) is 4.38. The second-order valence-corrected chi connectivity index (χ2v) is 8.36. The van der Waals surface area contributed by atoms with Crippen molar-refractivity contribution < 1.29 is 13.6 Å². The molecule has 1 aromatic heterocycles. The highest BCUT2D eigenvalue weighted by molar-refractivity contribution is 7.99. The van der Waals surface area contributed by atoms with Crippen molar-refractivity contribution in [2.24, 2.45) is 0 Å². The number of fused-ring (bicyclic) bond motifs is 1. The molecule has 8 heteroatoms. The minimum atomic E-state index is -2.59. The lowest BCUT2D eigenvalue weighted by Crippen LogP contribution is -2.17. The average Bonchev–Trinajstić information content (AvgIpc) is 3.24. The van der Waals surface area contributed by atoms with Crippen LogP contribution < -0.4 is 5.32 Å². The Morgan fingerprint density at radius 2 is 2.04 bits per heavy atom. The van der Waals surface area contributed by atoms with Crippen molar-refractivity contribution in [3.63, 3.8) is 0 Å². The van der Waals surface area contributed by atoms with Gasteiger partial charge in [-0.15, -0.1) is 0 Å². The molecule has 144 valence electrons. The van der Waals surface area contributed by atoms with Crippen LogP contribution in [-0.4, -0.2) is 21.4 Å². The van der Waals surface area contributed by atoms with E-state index in [9.17, 15) is 13.6 Å². The van der Waals surface area contributed by atoms with Crippen molar-refractivity contribution in [3.8, 4) is 5.69 Å². The Labute approximate surface area is 169 Å². The summed E-state index contributed by atoms with van der Waals surface area (Å²) >= 11 is 2.11. The number of amides is 1. The van der Waals surface area contributed by atoms with Gasteiger partial charge in [0.25, 0.3) is 11.7 Å². The predicted molar refractivity (Wildman–Crippen MR) is 110 cm³/mol. The smallest absolute Gasteiger partial charge is 0.288 e. The van der Waals surface area contributed by atoms with Gasteiger partial charge >= 0.3 is 0 Å². The highest BCUT2D eigenvalue weighted by atomic mass is 32.2. The summed E-state index contributed by atoms with van der Waals surface area (Å²) in [5, 5.41) is 7.60. The molecule has 1 N–H and O–H groups in total. The number of aryl methyl sites for hydroxylation is 1. The summed E-state index contributed by atoms with van der Waals surface area (Å²) in [5.74, 6) is -0.865. The van der Waals surface area contributed by atoms with Crippen LogP contribution in [0.5, 0.6) is 0 Å². The molecule has 0 bridgehead atoms. The molecule has 2 heterocycles. The van der Waals surface area contributed by atoms with Crippen LogP contribution in [-0.2, 0) is 11.5 Å². The van der Waals surface area contributed by atoms with Gasteiger partial charge in [0.2, 0.25) is 0 Å². The van der Waals surface area contributed by atoms with Gasteiger partial charge in [-0.3, -0.25) is 4.79 Å². The highest BCUT2D eigenvalue weighted by Crippen LogP contribution is 2.37. The second kappa shape index (κ2) is 7.97. The van der Waals surface area contributed by atoms with Crippen molar-refractivity contribution in [2.45, 2.75) is 29.1 Å². The zero-order valence-electron chi connectivity index (χ0n) is 15.0. The molecule has 1 amide bonds. The molecule has 0 saturated heterocycles. The number of hydrogen-bond acceptors (Lipinski definition) is 4. The molecule has 0 aliphatic carbocycles. The molecule has 1 aliphatic heterocycles. The largest absolute Gasteiger partial charge is 0.306 e. The number of alkyl halides is 2. The Bertz CT molecular complexity index is 1040. The Morgan fingerprint density at radius 1 is 1.21 bits per heavy atom. The molecule has 3 aromatic rings. The summed E-state index contributed by atoms with van der Waals surface area (Å²) in [7, 11) is 0. The number of aromatic nitrogens is 2. The molecular formula is C20H17F2N3OS2. The third kappa shape index (κ3) is 3.79. The van der Waals surface area contributed by atoms with Crippen molar-refractivity contribution in [1.29, 1.82) is 0 Å². The molecule has 0 atom stereocenters. The predicted octanol–water partition coefficient (Wildman–Crippen LogP) is 5.49. The van der Waals surface area contributed by atoms with Gasteiger partial charge in [0.15, 0.2) is 0 Å². The van der Waals surface area contributed by atoms with Gasteiger partial charge < -0.3 is 5.32 Å². The first kappa shape index (κ1) is 19.0. The van der Waals surface area contributed by atoms with Gasteiger partial charge in [0.1, 0.15) is 5.82 Å². The molecule has 1 aliphatic rings. The zero-order chi connectivity index (χ0) is 19.7. The molecular weight excluding hydrogens is 400 g/mol. The van der Waals surface area contributed by atoms with E-state index in [1.807, 2.05) is 31.2 Å². The van der Waals surface area contributed by atoms with Crippen LogP contribution >= 0.6 is 23.5 Å². The van der Waals surface area contributed by atoms with Crippen LogP contribution in [0.15, 0.2) is 53.4 Å². The third-order valence-corrected chi connectivity index (χ3v) is 6.14. The van der Waals surface area contributed by atoms with Crippen LogP contribution in [0.4, 0.5) is 14.6 Å². The van der Waals surface area contributed by atoms with Crippen molar-refractivity contribution >= 4 is 35.2 Å². The van der Waals surface area contributed by atoms with Gasteiger partial charge in [0.05, 0.1) is 16.9 Å². The number of anilines is 1. The molecule has 0 spiro atoms. The minimum absolute atomic E-state index is 0.226. The molecule has 4 rings (SSSR count). The van der Waals surface area contributed by atoms with Crippen LogP contribution in [0.2, 0.25) is 0 Å². The summed E-state index contributed by atoms with van der Waals surface area (Å²) < 4.78 is 27.5. The fraction of sp³-hybridized carbons (Fsp3) is 0.200. The van der Waals surface area contributed by atoms with Crippen LogP contribution in [0.3, 0.4) is 0 Å². The zero-order valence-corrected chi connectivity index (χ0v) is 16.6. The summed E-state index contributed by atoms with van der Waals surface area (Å²) in [5.41, 5.74) is 4.09. The summed E-state index contributed by atoms with van der Waals surface area (Å²) in [6.07, 6.45) is 0. The van der Waals surface area contributed by atoms with E-state index in [4.69, 9.17) is 0 Å². The summed E-state index contributed by atoms with van der Waals surface area (Å²) in [6.45, 7) is 1.99. The second-order valence-electron chi connectivity index (χ2n) is 6.35. The topological polar surface area (TPSA) is 46.9 Å². The number of nitrogens with one attached hydrogen (secondary N) is 1. The lowest BCUT2D eigenvalue weighted by molar-refractivity contribution is 0.102. The lowest BCUT2D eigenvalue weighted by atomic mass is 10.2. The lowest BCUT2D eigenvalue weighted by Gasteiger charge is -2.13. The molecule has 2 aromatic carbocycles. The SMILES string of the molecule is Cc1cccc(-n2nc3c(c2NC(=O)c2ccccc2SC(F)F)CSC3)c1. The first-order valence-electron chi connectivity index (χ1n) is 8.63. The maximum Gasteiger partial charge on any atom is 0.288 e. The van der Waals surface area contributed by atoms with E-state index in [1.54, 1.807) is 34.6 Å². The van der Waals surface area contributed by atoms with Crippen LogP contribution in [0.1, 0.15) is 27.2 Å². The molecule has 0 fully saturated rings. The van der Waals surface area contributed by atoms with E-state index in [1.165, 1.54) is 6.07 Å². The van der Waals surface area contributed by atoms with Crippen molar-refractivity contribution in [1.82, 2.24) is 9.78 Å². The molecule has 0 radical (unpaired) electrons. The Morgan fingerprint density at radius 3 is 2.82 bits per heavy atom. The monoisotopic (exact) mass is 417 g/mol. The van der Waals surface area contributed by atoms with E-state index >= 15 is 0 Å². The highest BCUT2D eigenvalue weighted by Gasteiger charge is 2.26. The van der Waals surface area contributed by atoms with E-state index in [0.29, 0.717) is 17.6 Å². The van der Waals surface area contributed by atoms with Gasteiger partial charge in [-0.1, -0.05) is 36.0 Å². The number of nitrogens with zero attached hydrogens (tertiary/aromatic N) is 2. The minimum Gasteiger partial charge on any atom is -0.306 e. The number of thioether (sulfide) groups is 2. The fourth-order valence-corrected chi connectivity index (χ4v) is 4.79. The van der Waals surface area contributed by atoms with E-state index in [2.05, 4.69) is 10.4 Å². The maximum absolute atomic E-state index is 12.9. The molecule has 0 saturated carbocycles. The first-order valence-corrected chi connectivity index (χ1v) is 10.7. The number of carbonyl (C=O) groups excluding carboxylic acids is 1. The quantitative estimate of drug-likeness (QED) is 0.557. The number of carbonyl (C=O) groups is 1. The molecule has 28 heavy (non-hydrogen) atoms. The average molecular weight is 418 g/mol.